The van der Waals surface area contributed by atoms with E-state index >= 15 is 0 Å². The molecular formula is C27H31N5O5S. The molecule has 2 aliphatic rings. The summed E-state index contributed by atoms with van der Waals surface area (Å²) >= 11 is 1.47. The molecule has 200 valence electrons. The summed E-state index contributed by atoms with van der Waals surface area (Å²) in [7, 11) is 1.57. The molecule has 3 aromatic rings. The molecule has 0 bridgehead atoms. The van der Waals surface area contributed by atoms with E-state index in [1.165, 1.54) is 11.8 Å². The molecule has 38 heavy (non-hydrogen) atoms. The molecule has 1 amide bonds. The van der Waals surface area contributed by atoms with Crippen molar-refractivity contribution in [3.05, 3.63) is 54.4 Å². The van der Waals surface area contributed by atoms with Crippen LogP contribution < -0.4 is 15.4 Å². The van der Waals surface area contributed by atoms with Crippen LogP contribution in [0.1, 0.15) is 30.5 Å². The fourth-order valence-corrected chi connectivity index (χ4v) is 5.59. The van der Waals surface area contributed by atoms with Gasteiger partial charge in [-0.15, -0.1) is 11.8 Å². The molecule has 0 aliphatic carbocycles. The number of methoxy groups -OCH3 is 1. The number of hydrogen-bond donors (Lipinski definition) is 4. The van der Waals surface area contributed by atoms with Gasteiger partial charge in [0, 0.05) is 36.8 Å². The van der Waals surface area contributed by atoms with Crippen molar-refractivity contribution in [3.8, 4) is 5.88 Å². The highest BCUT2D eigenvalue weighted by atomic mass is 32.2. The lowest BCUT2D eigenvalue weighted by Gasteiger charge is -2.39. The minimum absolute atomic E-state index is 0.0549. The Morgan fingerprint density at radius 3 is 2.97 bits per heavy atom. The number of carbonyl (C=O) groups excluding carboxylic acids is 1. The Morgan fingerprint density at radius 2 is 2.16 bits per heavy atom. The van der Waals surface area contributed by atoms with Crippen molar-refractivity contribution in [2.24, 2.45) is 0 Å². The number of aromatic nitrogens is 3. The summed E-state index contributed by atoms with van der Waals surface area (Å²) in [5, 5.41) is 26.1. The first-order valence-corrected chi connectivity index (χ1v) is 13.5. The number of carbonyl (C=O) groups is 1. The monoisotopic (exact) mass is 537 g/mol. The van der Waals surface area contributed by atoms with Gasteiger partial charge in [0.25, 0.3) is 0 Å². The van der Waals surface area contributed by atoms with Gasteiger partial charge in [-0.05, 0) is 42.7 Å². The average molecular weight is 538 g/mol. The van der Waals surface area contributed by atoms with Crippen LogP contribution in [0.3, 0.4) is 0 Å². The molecule has 4 atom stereocenters. The van der Waals surface area contributed by atoms with Crippen LogP contribution in [0, 0.1) is 0 Å². The van der Waals surface area contributed by atoms with Crippen LogP contribution in [0.2, 0.25) is 0 Å². The molecule has 0 unspecified atom stereocenters. The molecule has 11 heteroatoms. The molecule has 0 saturated carbocycles. The smallest absolute Gasteiger partial charge is 0.235 e. The van der Waals surface area contributed by atoms with Gasteiger partial charge in [0.05, 0.1) is 53.9 Å². The number of thioether (sulfide) groups is 1. The summed E-state index contributed by atoms with van der Waals surface area (Å²) in [4.78, 5) is 26.3. The van der Waals surface area contributed by atoms with Gasteiger partial charge in [-0.3, -0.25) is 9.78 Å². The first-order valence-electron chi connectivity index (χ1n) is 12.5. The molecule has 0 radical (unpaired) electrons. The van der Waals surface area contributed by atoms with E-state index in [1.807, 2.05) is 24.3 Å². The summed E-state index contributed by atoms with van der Waals surface area (Å²) < 4.78 is 11.8. The second-order valence-corrected chi connectivity index (χ2v) is 10.4. The van der Waals surface area contributed by atoms with Crippen LogP contribution in [0.25, 0.3) is 16.6 Å². The second kappa shape index (κ2) is 11.7. The number of rotatable bonds is 9. The number of anilines is 1. The Labute approximate surface area is 224 Å². The Kier molecular flexibility index (Phi) is 8.20. The lowest BCUT2D eigenvalue weighted by atomic mass is 9.89. The van der Waals surface area contributed by atoms with E-state index in [0.29, 0.717) is 35.9 Å². The van der Waals surface area contributed by atoms with Crippen molar-refractivity contribution in [1.29, 1.82) is 0 Å². The highest BCUT2D eigenvalue weighted by Gasteiger charge is 2.34. The number of amides is 1. The summed E-state index contributed by atoms with van der Waals surface area (Å²) in [6.45, 7) is 4.46. The molecule has 4 N–H and O–H groups in total. The zero-order chi connectivity index (χ0) is 26.6. The molecular weight excluding hydrogens is 506 g/mol. The first-order chi connectivity index (χ1) is 18.4. The molecule has 3 aromatic heterocycles. The summed E-state index contributed by atoms with van der Waals surface area (Å²) in [6.07, 6.45) is 1.91. The standard InChI is InChI=1S/C27H31N5O5S/c1-15(18-9-10-28-20-5-8-25(36-2)32-26(18)20)21-6-4-19(22(37-21)11-17(34)13-33)29-12-16-3-7-23-27(30-16)31-24(35)14-38-23/h3,5,7-10,17,19,21-22,29,33-34H,1,4,6,11-14H2,2H3,(H,30,31,35)/t17-,19-,21+,22-/m1/s1. The highest BCUT2D eigenvalue weighted by molar-refractivity contribution is 8.00. The van der Waals surface area contributed by atoms with Crippen molar-refractivity contribution in [3.63, 3.8) is 0 Å². The maximum atomic E-state index is 11.7. The maximum Gasteiger partial charge on any atom is 0.235 e. The van der Waals surface area contributed by atoms with Crippen LogP contribution in [-0.2, 0) is 16.1 Å². The third-order valence-corrected chi connectivity index (χ3v) is 7.87. The minimum atomic E-state index is -0.905. The van der Waals surface area contributed by atoms with Gasteiger partial charge < -0.3 is 30.3 Å². The number of nitrogens with one attached hydrogen (secondary N) is 2. The third-order valence-electron chi connectivity index (χ3n) is 6.82. The van der Waals surface area contributed by atoms with Gasteiger partial charge in [0.15, 0.2) is 0 Å². The van der Waals surface area contributed by atoms with E-state index in [-0.39, 0.29) is 37.2 Å². The number of aliphatic hydroxyl groups is 2. The Bertz CT molecular complexity index is 1340. The Hall–Kier alpha value is -3.09. The molecule has 5 heterocycles. The second-order valence-electron chi connectivity index (χ2n) is 9.39. The lowest BCUT2D eigenvalue weighted by Crippen LogP contribution is -2.48. The van der Waals surface area contributed by atoms with Crippen molar-refractivity contribution < 1.29 is 24.5 Å². The number of nitrogens with zero attached hydrogens (tertiary/aromatic N) is 3. The minimum Gasteiger partial charge on any atom is -0.481 e. The van der Waals surface area contributed by atoms with E-state index in [1.54, 1.807) is 19.4 Å². The fourth-order valence-electron chi connectivity index (χ4n) is 4.84. The van der Waals surface area contributed by atoms with Gasteiger partial charge >= 0.3 is 0 Å². The van der Waals surface area contributed by atoms with Crippen LogP contribution in [-0.4, -0.2) is 74.9 Å². The summed E-state index contributed by atoms with van der Waals surface area (Å²) in [6, 6.07) is 9.34. The van der Waals surface area contributed by atoms with E-state index in [2.05, 4.69) is 32.2 Å². The van der Waals surface area contributed by atoms with Gasteiger partial charge in [-0.25, -0.2) is 9.97 Å². The quantitative estimate of drug-likeness (QED) is 0.322. The van der Waals surface area contributed by atoms with Crippen molar-refractivity contribution in [1.82, 2.24) is 20.3 Å². The molecule has 0 spiro atoms. The van der Waals surface area contributed by atoms with Crippen LogP contribution in [0.5, 0.6) is 5.88 Å². The van der Waals surface area contributed by atoms with Gasteiger partial charge in [-0.2, -0.15) is 0 Å². The van der Waals surface area contributed by atoms with Gasteiger partial charge in [0.2, 0.25) is 11.8 Å². The zero-order valence-corrected chi connectivity index (χ0v) is 21.9. The van der Waals surface area contributed by atoms with Crippen LogP contribution in [0.4, 0.5) is 5.82 Å². The maximum absolute atomic E-state index is 11.7. The molecule has 2 aliphatic heterocycles. The largest absolute Gasteiger partial charge is 0.481 e. The molecule has 5 rings (SSSR count). The number of fused-ring (bicyclic) bond motifs is 2. The Balaban J connectivity index is 1.31. The number of ether oxygens (including phenoxy) is 2. The molecule has 1 saturated heterocycles. The molecule has 0 aromatic carbocycles. The molecule has 1 fully saturated rings. The average Bonchev–Trinajstić information content (AvgIpc) is 2.95. The van der Waals surface area contributed by atoms with E-state index < -0.39 is 6.10 Å². The number of hydrogen-bond acceptors (Lipinski definition) is 10. The third kappa shape index (κ3) is 5.82. The summed E-state index contributed by atoms with van der Waals surface area (Å²) in [5.41, 5.74) is 3.84. The van der Waals surface area contributed by atoms with E-state index in [4.69, 9.17) is 9.47 Å². The highest BCUT2D eigenvalue weighted by Crippen LogP contribution is 2.34. The predicted octanol–water partition coefficient (Wildman–Crippen LogP) is 2.54. The topological polar surface area (TPSA) is 139 Å². The van der Waals surface area contributed by atoms with Gasteiger partial charge in [0.1, 0.15) is 11.3 Å². The van der Waals surface area contributed by atoms with E-state index in [9.17, 15) is 15.0 Å². The lowest BCUT2D eigenvalue weighted by molar-refractivity contribution is -0.113. The van der Waals surface area contributed by atoms with Crippen LogP contribution >= 0.6 is 11.8 Å². The predicted molar refractivity (Wildman–Crippen MR) is 145 cm³/mol. The Morgan fingerprint density at radius 1 is 1.29 bits per heavy atom. The van der Waals surface area contributed by atoms with Crippen molar-refractivity contribution in [2.45, 2.75) is 55.1 Å². The fraction of sp³-hybridized carbons (Fsp3) is 0.407. The number of aliphatic hydroxyl groups excluding tert-OH is 2. The van der Waals surface area contributed by atoms with Gasteiger partial charge in [-0.1, -0.05) is 6.58 Å². The van der Waals surface area contributed by atoms with E-state index in [0.717, 1.165) is 33.7 Å². The normalized spacial score (nSPS) is 22.0. The zero-order valence-electron chi connectivity index (χ0n) is 21.1. The first kappa shape index (κ1) is 26.5. The SMILES string of the molecule is C=C(c1ccnc2ccc(OC)nc12)[C@@H]1CC[C@@H](NCc2ccc3c(n2)NC(=O)CS3)[C@@H](C[C@@H](O)CO)O1. The van der Waals surface area contributed by atoms with Crippen molar-refractivity contribution in [2.75, 3.05) is 24.8 Å². The van der Waals surface area contributed by atoms with Crippen molar-refractivity contribution >= 4 is 40.1 Å². The molecule has 10 nitrogen and oxygen atoms in total. The summed E-state index contributed by atoms with van der Waals surface area (Å²) in [5.74, 6) is 1.42. The van der Waals surface area contributed by atoms with Crippen LogP contribution in [0.15, 0.2) is 48.0 Å². The number of pyridine rings is 3.